The maximum absolute atomic E-state index is 11.2. The Morgan fingerprint density at radius 1 is 1.56 bits per heavy atom. The summed E-state index contributed by atoms with van der Waals surface area (Å²) in [4.78, 5) is 4.47. The van der Waals surface area contributed by atoms with Crippen molar-refractivity contribution in [1.82, 2.24) is 4.98 Å². The summed E-state index contributed by atoms with van der Waals surface area (Å²) < 4.78 is 12.3. The van der Waals surface area contributed by atoms with Crippen molar-refractivity contribution in [3.63, 3.8) is 0 Å². The van der Waals surface area contributed by atoms with Crippen LogP contribution in [-0.4, -0.2) is 27.2 Å². The number of thiazole rings is 1. The van der Waals surface area contributed by atoms with E-state index in [0.29, 0.717) is 0 Å². The summed E-state index contributed by atoms with van der Waals surface area (Å²) in [6.45, 7) is 2.78. The van der Waals surface area contributed by atoms with Gasteiger partial charge in [-0.3, -0.25) is 4.21 Å². The first-order valence-electron chi connectivity index (χ1n) is 5.68. The van der Waals surface area contributed by atoms with Gasteiger partial charge in [-0.15, -0.1) is 0 Å². The highest BCUT2D eigenvalue weighted by Gasteiger charge is 2.07. The molecular weight excluding hydrogens is 288 g/mol. The molecule has 2 aromatic rings. The number of aromatic nitrogens is 1. The molecule has 2 unspecified atom stereocenters. The maximum atomic E-state index is 11.2. The second kappa shape index (κ2) is 5.99. The quantitative estimate of drug-likeness (QED) is 0.919. The Balaban J connectivity index is 1.98. The van der Waals surface area contributed by atoms with Gasteiger partial charge in [-0.2, -0.15) is 0 Å². The molecule has 3 nitrogen and oxygen atoms in total. The van der Waals surface area contributed by atoms with E-state index in [2.05, 4.69) is 10.3 Å². The first-order valence-corrected chi connectivity index (χ1v) is 8.50. The van der Waals surface area contributed by atoms with Gasteiger partial charge in [0.05, 0.1) is 10.2 Å². The van der Waals surface area contributed by atoms with Crippen molar-refractivity contribution in [1.29, 1.82) is 0 Å². The minimum Gasteiger partial charge on any atom is -0.361 e. The van der Waals surface area contributed by atoms with E-state index < -0.39 is 10.8 Å². The van der Waals surface area contributed by atoms with Crippen LogP contribution in [0.2, 0.25) is 5.02 Å². The highest BCUT2D eigenvalue weighted by molar-refractivity contribution is 7.84. The van der Waals surface area contributed by atoms with E-state index in [4.69, 9.17) is 11.6 Å². The zero-order valence-corrected chi connectivity index (χ0v) is 12.7. The van der Waals surface area contributed by atoms with Crippen molar-refractivity contribution in [2.24, 2.45) is 0 Å². The lowest BCUT2D eigenvalue weighted by atomic mass is 10.3. The summed E-state index contributed by atoms with van der Waals surface area (Å²) in [5.41, 5.74) is 0.957. The van der Waals surface area contributed by atoms with Gasteiger partial charge in [-0.1, -0.05) is 29.9 Å². The Morgan fingerprint density at radius 3 is 3.06 bits per heavy atom. The van der Waals surface area contributed by atoms with Crippen molar-refractivity contribution >= 4 is 49.1 Å². The van der Waals surface area contributed by atoms with E-state index in [0.717, 1.165) is 33.3 Å². The molecule has 98 valence electrons. The van der Waals surface area contributed by atoms with E-state index in [9.17, 15) is 4.21 Å². The van der Waals surface area contributed by atoms with Crippen LogP contribution in [0.1, 0.15) is 13.3 Å². The molecule has 0 saturated heterocycles. The van der Waals surface area contributed by atoms with Gasteiger partial charge in [0.25, 0.3) is 0 Å². The van der Waals surface area contributed by atoms with Gasteiger partial charge >= 0.3 is 0 Å². The van der Waals surface area contributed by atoms with Gasteiger partial charge in [-0.25, -0.2) is 4.98 Å². The molecular formula is C12H15ClN2OS2. The minimum atomic E-state index is -0.760. The van der Waals surface area contributed by atoms with Gasteiger partial charge in [0, 0.05) is 33.9 Å². The van der Waals surface area contributed by atoms with E-state index >= 15 is 0 Å². The molecule has 1 N–H and O–H groups in total. The second-order valence-corrected chi connectivity index (χ2v) is 7.42. The summed E-state index contributed by atoms with van der Waals surface area (Å²) in [7, 11) is -0.760. The first kappa shape index (κ1) is 13.8. The number of benzene rings is 1. The maximum Gasteiger partial charge on any atom is 0.183 e. The fourth-order valence-electron chi connectivity index (χ4n) is 1.52. The number of halogens is 1. The largest absolute Gasteiger partial charge is 0.361 e. The molecule has 0 saturated carbocycles. The van der Waals surface area contributed by atoms with Crippen molar-refractivity contribution in [2.75, 3.05) is 18.1 Å². The third kappa shape index (κ3) is 3.43. The lowest BCUT2D eigenvalue weighted by Gasteiger charge is -2.07. The average molecular weight is 303 g/mol. The van der Waals surface area contributed by atoms with Crippen LogP contribution in [0.3, 0.4) is 0 Å². The topological polar surface area (TPSA) is 42.0 Å². The Kier molecular flexibility index (Phi) is 4.59. The first-order chi connectivity index (χ1) is 8.56. The van der Waals surface area contributed by atoms with Crippen LogP contribution in [0.15, 0.2) is 18.2 Å². The monoisotopic (exact) mass is 302 g/mol. The molecule has 0 aliphatic heterocycles. The minimum absolute atomic E-state index is 0.210. The van der Waals surface area contributed by atoms with Crippen LogP contribution in [0, 0.1) is 0 Å². The predicted molar refractivity (Wildman–Crippen MR) is 81.3 cm³/mol. The van der Waals surface area contributed by atoms with Crippen molar-refractivity contribution < 1.29 is 4.21 Å². The number of fused-ring (bicyclic) bond motifs is 1. The summed E-state index contributed by atoms with van der Waals surface area (Å²) in [5, 5.41) is 5.10. The molecule has 0 spiro atoms. The zero-order valence-electron chi connectivity index (χ0n) is 10.3. The number of anilines is 1. The molecule has 0 fully saturated rings. The van der Waals surface area contributed by atoms with Gasteiger partial charge in [0.2, 0.25) is 0 Å². The van der Waals surface area contributed by atoms with Gasteiger partial charge < -0.3 is 5.32 Å². The molecule has 2 rings (SSSR count). The second-order valence-electron chi connectivity index (χ2n) is 4.16. The summed E-state index contributed by atoms with van der Waals surface area (Å²) in [6, 6.07) is 5.68. The van der Waals surface area contributed by atoms with E-state index in [1.165, 1.54) is 0 Å². The lowest BCUT2D eigenvalue weighted by Crippen LogP contribution is -2.14. The average Bonchev–Trinajstić information content (AvgIpc) is 2.70. The smallest absolute Gasteiger partial charge is 0.183 e. The molecule has 0 radical (unpaired) electrons. The molecule has 0 aliphatic carbocycles. The summed E-state index contributed by atoms with van der Waals surface area (Å²) >= 11 is 7.52. The van der Waals surface area contributed by atoms with E-state index in [-0.39, 0.29) is 5.25 Å². The number of hydrogen-bond acceptors (Lipinski definition) is 4. The van der Waals surface area contributed by atoms with Crippen LogP contribution in [-0.2, 0) is 10.8 Å². The Labute approximate surface area is 118 Å². The third-order valence-corrected chi connectivity index (χ3v) is 5.32. The van der Waals surface area contributed by atoms with Crippen LogP contribution < -0.4 is 5.32 Å². The normalized spacial score (nSPS) is 14.6. The number of rotatable bonds is 5. The fourth-order valence-corrected chi connectivity index (χ4v) is 3.14. The Bertz CT molecular complexity index is 570. The van der Waals surface area contributed by atoms with E-state index in [1.54, 1.807) is 17.6 Å². The van der Waals surface area contributed by atoms with Crippen LogP contribution in [0.25, 0.3) is 10.2 Å². The van der Waals surface area contributed by atoms with Crippen LogP contribution >= 0.6 is 22.9 Å². The van der Waals surface area contributed by atoms with Crippen molar-refractivity contribution in [3.05, 3.63) is 23.2 Å². The summed E-state index contributed by atoms with van der Waals surface area (Å²) in [5.74, 6) is 0. The zero-order chi connectivity index (χ0) is 13.1. The molecule has 0 aliphatic rings. The molecule has 0 bridgehead atoms. The van der Waals surface area contributed by atoms with Gasteiger partial charge in [0.1, 0.15) is 0 Å². The van der Waals surface area contributed by atoms with Crippen molar-refractivity contribution in [3.8, 4) is 0 Å². The molecule has 1 heterocycles. The molecule has 18 heavy (non-hydrogen) atoms. The molecule has 2 atom stereocenters. The molecule has 1 aromatic heterocycles. The highest BCUT2D eigenvalue weighted by atomic mass is 35.5. The van der Waals surface area contributed by atoms with Gasteiger partial charge in [0.15, 0.2) is 5.13 Å². The number of nitrogens with one attached hydrogen (secondary N) is 1. The molecule has 1 aromatic carbocycles. The van der Waals surface area contributed by atoms with Crippen LogP contribution in [0.5, 0.6) is 0 Å². The van der Waals surface area contributed by atoms with Gasteiger partial charge in [-0.05, 0) is 24.6 Å². The highest BCUT2D eigenvalue weighted by Crippen LogP contribution is 2.28. The molecule has 0 amide bonds. The lowest BCUT2D eigenvalue weighted by molar-refractivity contribution is 0.672. The van der Waals surface area contributed by atoms with Crippen molar-refractivity contribution in [2.45, 2.75) is 18.6 Å². The molecule has 6 heteroatoms. The van der Waals surface area contributed by atoms with Crippen LogP contribution in [0.4, 0.5) is 5.13 Å². The Morgan fingerprint density at radius 2 is 2.33 bits per heavy atom. The third-order valence-electron chi connectivity index (χ3n) is 2.74. The Hall–Kier alpha value is -0.650. The summed E-state index contributed by atoms with van der Waals surface area (Å²) in [6.07, 6.45) is 2.62. The SMILES string of the molecule is CC(CCNc1nc2ccc(Cl)cc2s1)S(C)=O. The van der Waals surface area contributed by atoms with E-state index in [1.807, 2.05) is 25.1 Å². The number of hydrogen-bond donors (Lipinski definition) is 1. The number of nitrogens with zero attached hydrogens (tertiary/aromatic N) is 1. The standard InChI is InChI=1S/C12H15ClN2OS2/c1-8(18(2)16)5-6-14-12-15-10-4-3-9(13)7-11(10)17-12/h3-4,7-8H,5-6H2,1-2H3,(H,14,15). The predicted octanol–water partition coefficient (Wildman–Crippen LogP) is 3.52. The fraction of sp³-hybridized carbons (Fsp3) is 0.417.